The number of aromatic amines is 1. The number of thioether (sulfide) groups is 1. The van der Waals surface area contributed by atoms with Gasteiger partial charge in [0.2, 0.25) is 0 Å². The summed E-state index contributed by atoms with van der Waals surface area (Å²) in [6.45, 7) is 0. The van der Waals surface area contributed by atoms with Gasteiger partial charge in [-0.25, -0.2) is 4.98 Å². The normalized spacial score (nSPS) is 22.7. The van der Waals surface area contributed by atoms with Gasteiger partial charge in [-0.05, 0) is 0 Å². The van der Waals surface area contributed by atoms with E-state index in [1.807, 2.05) is 6.20 Å². The molecule has 2 rings (SSSR count). The van der Waals surface area contributed by atoms with E-state index in [0.717, 1.165) is 18.0 Å². The number of H-pyrrole nitrogens is 1. The molecule has 12 heavy (non-hydrogen) atoms. The molecular weight excluding hydrogens is 172 g/mol. The average molecular weight is 182 g/mol. The fraction of sp³-hybridized carbons (Fsp3) is 0.429. The van der Waals surface area contributed by atoms with Crippen molar-refractivity contribution in [2.45, 2.75) is 12.5 Å². The summed E-state index contributed by atoms with van der Waals surface area (Å²) in [5.41, 5.74) is 5.54. The predicted octanol–water partition coefficient (Wildman–Crippen LogP) is 0.382. The number of nitrogens with one attached hydrogen (secondary N) is 1. The number of aromatic nitrogens is 2. The van der Waals surface area contributed by atoms with Gasteiger partial charge in [0.15, 0.2) is 5.17 Å². The van der Waals surface area contributed by atoms with Crippen LogP contribution in [0.4, 0.5) is 0 Å². The molecule has 0 saturated heterocycles. The summed E-state index contributed by atoms with van der Waals surface area (Å²) in [6.07, 6.45) is 4.44. The van der Waals surface area contributed by atoms with Crippen LogP contribution in [0.25, 0.3) is 0 Å². The Morgan fingerprint density at radius 2 is 2.67 bits per heavy atom. The largest absolute Gasteiger partial charge is 0.379 e. The summed E-state index contributed by atoms with van der Waals surface area (Å²) in [4.78, 5) is 11.4. The van der Waals surface area contributed by atoms with Crippen LogP contribution in [0.3, 0.4) is 0 Å². The van der Waals surface area contributed by atoms with Crippen molar-refractivity contribution in [2.75, 3.05) is 5.75 Å². The molecule has 3 N–H and O–H groups in total. The Morgan fingerprint density at radius 1 is 1.75 bits per heavy atom. The van der Waals surface area contributed by atoms with E-state index in [2.05, 4.69) is 15.0 Å². The van der Waals surface area contributed by atoms with Crippen LogP contribution in [0.1, 0.15) is 5.82 Å². The van der Waals surface area contributed by atoms with E-state index in [0.29, 0.717) is 11.2 Å². The van der Waals surface area contributed by atoms with Crippen LogP contribution >= 0.6 is 11.8 Å². The number of aliphatic imine (C=N–C) groups is 1. The summed E-state index contributed by atoms with van der Waals surface area (Å²) in [5.74, 6) is 1.96. The van der Waals surface area contributed by atoms with Gasteiger partial charge in [-0.3, -0.25) is 4.99 Å². The van der Waals surface area contributed by atoms with Gasteiger partial charge in [-0.1, -0.05) is 11.8 Å². The lowest BCUT2D eigenvalue weighted by molar-refractivity contribution is 0.730. The Labute approximate surface area is 74.7 Å². The summed E-state index contributed by atoms with van der Waals surface area (Å²) >= 11 is 1.61. The summed E-state index contributed by atoms with van der Waals surface area (Å²) in [6, 6.07) is 0.307. The fourth-order valence-electron chi connectivity index (χ4n) is 1.17. The standard InChI is InChI=1S/C7H10N4S/c8-7-11-5(4-12-7)3-6-9-1-2-10-6/h1-2,5H,3-4H2,(H2,8,11)(H,9,10). The SMILES string of the molecule is NC1=NC(Cc2ncc[nH]2)CS1. The van der Waals surface area contributed by atoms with Gasteiger partial charge in [0.1, 0.15) is 5.82 Å². The Kier molecular flexibility index (Phi) is 2.03. The quantitative estimate of drug-likeness (QED) is 0.695. The van der Waals surface area contributed by atoms with Gasteiger partial charge in [-0.2, -0.15) is 0 Å². The monoisotopic (exact) mass is 182 g/mol. The van der Waals surface area contributed by atoms with E-state index in [1.54, 1.807) is 18.0 Å². The lowest BCUT2D eigenvalue weighted by Crippen LogP contribution is -2.09. The van der Waals surface area contributed by atoms with Crippen LogP contribution < -0.4 is 5.73 Å². The Hall–Kier alpha value is -0.970. The molecule has 1 unspecified atom stereocenters. The summed E-state index contributed by atoms with van der Waals surface area (Å²) < 4.78 is 0. The van der Waals surface area contributed by atoms with Crippen LogP contribution in [0.2, 0.25) is 0 Å². The molecule has 0 aromatic carbocycles. The van der Waals surface area contributed by atoms with Crippen molar-refractivity contribution in [3.63, 3.8) is 0 Å². The predicted molar refractivity (Wildman–Crippen MR) is 50.2 cm³/mol. The van der Waals surface area contributed by atoms with Gasteiger partial charge >= 0.3 is 0 Å². The van der Waals surface area contributed by atoms with E-state index in [4.69, 9.17) is 5.73 Å². The molecule has 1 aromatic rings. The maximum atomic E-state index is 5.54. The molecule has 5 heteroatoms. The van der Waals surface area contributed by atoms with Crippen LogP contribution in [0.15, 0.2) is 17.4 Å². The lowest BCUT2D eigenvalue weighted by Gasteiger charge is -2.00. The highest BCUT2D eigenvalue weighted by molar-refractivity contribution is 8.14. The highest BCUT2D eigenvalue weighted by Gasteiger charge is 2.16. The number of nitrogens with two attached hydrogens (primary N) is 1. The molecule has 1 aliphatic heterocycles. The Balaban J connectivity index is 1.97. The second-order valence-corrected chi connectivity index (χ2v) is 3.71. The van der Waals surface area contributed by atoms with Gasteiger partial charge in [0, 0.05) is 24.6 Å². The number of imidazole rings is 1. The van der Waals surface area contributed by atoms with Crippen LogP contribution in [0, 0.1) is 0 Å². The minimum absolute atomic E-state index is 0.307. The number of rotatable bonds is 2. The first-order chi connectivity index (χ1) is 5.84. The van der Waals surface area contributed by atoms with Crippen molar-refractivity contribution in [1.29, 1.82) is 0 Å². The molecule has 4 nitrogen and oxygen atoms in total. The molecular formula is C7H10N4S. The third kappa shape index (κ3) is 1.61. The molecule has 0 amide bonds. The second-order valence-electron chi connectivity index (χ2n) is 2.67. The van der Waals surface area contributed by atoms with Crippen molar-refractivity contribution < 1.29 is 0 Å². The Morgan fingerprint density at radius 3 is 3.25 bits per heavy atom. The van der Waals surface area contributed by atoms with Crippen molar-refractivity contribution in [3.8, 4) is 0 Å². The molecule has 1 aromatic heterocycles. The summed E-state index contributed by atoms with van der Waals surface area (Å²) in [7, 11) is 0. The molecule has 0 fully saturated rings. The minimum Gasteiger partial charge on any atom is -0.379 e. The first-order valence-corrected chi connectivity index (χ1v) is 4.77. The Bertz CT molecular complexity index is 280. The van der Waals surface area contributed by atoms with E-state index >= 15 is 0 Å². The molecule has 2 heterocycles. The van der Waals surface area contributed by atoms with Crippen molar-refractivity contribution >= 4 is 16.9 Å². The van der Waals surface area contributed by atoms with Crippen molar-refractivity contribution in [3.05, 3.63) is 18.2 Å². The highest BCUT2D eigenvalue weighted by atomic mass is 32.2. The maximum absolute atomic E-state index is 5.54. The number of hydrogen-bond donors (Lipinski definition) is 2. The van der Waals surface area contributed by atoms with Crippen LogP contribution in [-0.4, -0.2) is 26.9 Å². The summed E-state index contributed by atoms with van der Waals surface area (Å²) in [5, 5.41) is 0.701. The third-order valence-corrected chi connectivity index (χ3v) is 2.67. The van der Waals surface area contributed by atoms with Gasteiger partial charge in [0.25, 0.3) is 0 Å². The molecule has 0 aliphatic carbocycles. The fourth-order valence-corrected chi connectivity index (χ4v) is 1.95. The molecule has 0 radical (unpaired) electrons. The third-order valence-electron chi connectivity index (χ3n) is 1.72. The number of nitrogens with zero attached hydrogens (tertiary/aromatic N) is 2. The zero-order valence-electron chi connectivity index (χ0n) is 6.53. The smallest absolute Gasteiger partial charge is 0.154 e. The first kappa shape index (κ1) is 7.67. The lowest BCUT2D eigenvalue weighted by atomic mass is 10.2. The molecule has 0 spiro atoms. The van der Waals surface area contributed by atoms with Gasteiger partial charge in [-0.15, -0.1) is 0 Å². The van der Waals surface area contributed by atoms with Crippen molar-refractivity contribution in [1.82, 2.24) is 9.97 Å². The molecule has 0 saturated carbocycles. The molecule has 1 atom stereocenters. The first-order valence-electron chi connectivity index (χ1n) is 3.79. The van der Waals surface area contributed by atoms with Gasteiger partial charge < -0.3 is 10.7 Å². The van der Waals surface area contributed by atoms with Crippen LogP contribution in [0.5, 0.6) is 0 Å². The molecule has 64 valence electrons. The van der Waals surface area contributed by atoms with Gasteiger partial charge in [0.05, 0.1) is 6.04 Å². The van der Waals surface area contributed by atoms with E-state index in [-0.39, 0.29) is 0 Å². The highest BCUT2D eigenvalue weighted by Crippen LogP contribution is 2.17. The van der Waals surface area contributed by atoms with E-state index < -0.39 is 0 Å². The molecule has 0 bridgehead atoms. The minimum atomic E-state index is 0.307. The molecule has 1 aliphatic rings. The number of amidine groups is 1. The van der Waals surface area contributed by atoms with Crippen molar-refractivity contribution in [2.24, 2.45) is 10.7 Å². The van der Waals surface area contributed by atoms with Crippen LogP contribution in [-0.2, 0) is 6.42 Å². The topological polar surface area (TPSA) is 67.1 Å². The second kappa shape index (κ2) is 3.18. The maximum Gasteiger partial charge on any atom is 0.154 e. The number of hydrogen-bond acceptors (Lipinski definition) is 4. The average Bonchev–Trinajstić information content (AvgIpc) is 2.63. The zero-order valence-corrected chi connectivity index (χ0v) is 7.34. The van der Waals surface area contributed by atoms with E-state index in [1.165, 1.54) is 0 Å². The zero-order chi connectivity index (χ0) is 8.39. The van der Waals surface area contributed by atoms with E-state index in [9.17, 15) is 0 Å².